The molecule has 0 fully saturated rings. The first kappa shape index (κ1) is 14.2. The van der Waals surface area contributed by atoms with E-state index >= 15 is 0 Å². The maximum atomic E-state index is 12.6. The number of aliphatic hydroxyl groups is 1. The molecule has 114 valence electrons. The van der Waals surface area contributed by atoms with E-state index in [0.717, 1.165) is 5.56 Å². The van der Waals surface area contributed by atoms with Gasteiger partial charge in [-0.05, 0) is 0 Å². The third-order valence-electron chi connectivity index (χ3n) is 3.21. The molecule has 0 aliphatic carbocycles. The summed E-state index contributed by atoms with van der Waals surface area (Å²) in [5.74, 6) is -0.00334. The lowest BCUT2D eigenvalue weighted by molar-refractivity contribution is 0.00987. The van der Waals surface area contributed by atoms with E-state index in [-0.39, 0.29) is 35.9 Å². The summed E-state index contributed by atoms with van der Waals surface area (Å²) in [6.07, 6.45) is 0.607. The Kier molecular flexibility index (Phi) is 3.86. The van der Waals surface area contributed by atoms with Crippen LogP contribution >= 0.6 is 0 Å². The average molecular weight is 301 g/mol. The molecule has 2 heterocycles. The number of hydrogen-bond donors (Lipinski definition) is 3. The first-order valence-electron chi connectivity index (χ1n) is 6.71. The van der Waals surface area contributed by atoms with Crippen molar-refractivity contribution in [3.05, 3.63) is 52.6 Å². The van der Waals surface area contributed by atoms with Gasteiger partial charge < -0.3 is 20.6 Å². The van der Waals surface area contributed by atoms with E-state index in [4.69, 9.17) is 15.6 Å². The van der Waals surface area contributed by atoms with Gasteiger partial charge in [-0.25, -0.2) is 9.55 Å². The van der Waals surface area contributed by atoms with Gasteiger partial charge in [-0.15, -0.1) is 0 Å². The third-order valence-corrected chi connectivity index (χ3v) is 3.21. The Balaban J connectivity index is 2.17. The summed E-state index contributed by atoms with van der Waals surface area (Å²) >= 11 is 0. The molecule has 3 aromatic rings. The largest absolute Gasteiger partial charge is 0.394 e. The third kappa shape index (κ3) is 2.45. The highest BCUT2D eigenvalue weighted by Gasteiger charge is 2.21. The number of benzene rings is 1. The average Bonchev–Trinajstić information content (AvgIpc) is 2.99. The highest BCUT2D eigenvalue weighted by atomic mass is 16.5. The first-order valence-corrected chi connectivity index (χ1v) is 6.71. The Morgan fingerprint density at radius 3 is 2.86 bits per heavy atom. The molecular formula is C14H15N5O3. The number of H-pyrrole nitrogens is 1. The van der Waals surface area contributed by atoms with Crippen molar-refractivity contribution in [2.24, 2.45) is 0 Å². The molecular weight excluding hydrogens is 286 g/mol. The summed E-state index contributed by atoms with van der Waals surface area (Å²) in [6, 6.07) is 9.13. The van der Waals surface area contributed by atoms with Crippen molar-refractivity contribution in [1.82, 2.24) is 19.5 Å². The predicted molar refractivity (Wildman–Crippen MR) is 80.2 cm³/mol. The number of nitrogens with zero attached hydrogens (tertiary/aromatic N) is 3. The number of nitrogen functional groups attached to an aromatic ring is 1. The SMILES string of the molecule is Nc1nc2nc[nH]c2c(=O)n1C(OCCO)c1ccccc1. The lowest BCUT2D eigenvalue weighted by Gasteiger charge is -2.21. The second kappa shape index (κ2) is 5.96. The minimum Gasteiger partial charge on any atom is -0.394 e. The molecule has 1 aromatic carbocycles. The van der Waals surface area contributed by atoms with Crippen LogP contribution in [-0.2, 0) is 4.74 Å². The molecule has 0 aliphatic heterocycles. The van der Waals surface area contributed by atoms with Crippen molar-refractivity contribution in [1.29, 1.82) is 0 Å². The molecule has 0 amide bonds. The Morgan fingerprint density at radius 2 is 2.14 bits per heavy atom. The number of aromatic nitrogens is 4. The molecule has 1 unspecified atom stereocenters. The van der Waals surface area contributed by atoms with Crippen molar-refractivity contribution in [3.8, 4) is 0 Å². The second-order valence-corrected chi connectivity index (χ2v) is 4.60. The van der Waals surface area contributed by atoms with Crippen LogP contribution in [0.15, 0.2) is 41.5 Å². The molecule has 1 atom stereocenters. The van der Waals surface area contributed by atoms with Gasteiger partial charge in [-0.3, -0.25) is 4.79 Å². The summed E-state index contributed by atoms with van der Waals surface area (Å²) in [4.78, 5) is 23.4. The predicted octanol–water partition coefficient (Wildman–Crippen LogP) is 0.258. The molecule has 8 nitrogen and oxygen atoms in total. The molecule has 0 saturated heterocycles. The van der Waals surface area contributed by atoms with Gasteiger partial charge in [0.15, 0.2) is 17.4 Å². The summed E-state index contributed by atoms with van der Waals surface area (Å²) in [5, 5.41) is 9.01. The van der Waals surface area contributed by atoms with Crippen LogP contribution in [0.5, 0.6) is 0 Å². The van der Waals surface area contributed by atoms with Gasteiger partial charge in [0.25, 0.3) is 5.56 Å². The highest BCUT2D eigenvalue weighted by Crippen LogP contribution is 2.21. The Labute approximate surface area is 125 Å². The number of rotatable bonds is 5. The molecule has 2 aromatic heterocycles. The summed E-state index contributed by atoms with van der Waals surface area (Å²) < 4.78 is 6.85. The van der Waals surface area contributed by atoms with Crippen LogP contribution in [0.1, 0.15) is 11.8 Å². The van der Waals surface area contributed by atoms with Crippen LogP contribution in [0.2, 0.25) is 0 Å². The minimum absolute atomic E-state index is 0.00334. The molecule has 0 radical (unpaired) electrons. The lowest BCUT2D eigenvalue weighted by Crippen LogP contribution is -2.31. The number of hydrogen-bond acceptors (Lipinski definition) is 6. The number of nitrogens with one attached hydrogen (secondary N) is 1. The lowest BCUT2D eigenvalue weighted by atomic mass is 10.2. The van der Waals surface area contributed by atoms with Crippen LogP contribution in [0.3, 0.4) is 0 Å². The van der Waals surface area contributed by atoms with E-state index in [1.165, 1.54) is 10.9 Å². The van der Waals surface area contributed by atoms with Gasteiger partial charge in [0.1, 0.15) is 0 Å². The van der Waals surface area contributed by atoms with E-state index in [0.29, 0.717) is 0 Å². The van der Waals surface area contributed by atoms with Crippen LogP contribution in [0.4, 0.5) is 5.95 Å². The fourth-order valence-electron chi connectivity index (χ4n) is 2.24. The Hall–Kier alpha value is -2.71. The topological polar surface area (TPSA) is 119 Å². The first-order chi connectivity index (χ1) is 10.7. The zero-order valence-corrected chi connectivity index (χ0v) is 11.6. The molecule has 0 bridgehead atoms. The molecule has 0 aliphatic rings. The summed E-state index contributed by atoms with van der Waals surface area (Å²) in [6.45, 7) is -0.107. The number of nitrogens with two attached hydrogens (primary N) is 1. The molecule has 22 heavy (non-hydrogen) atoms. The minimum atomic E-state index is -0.777. The van der Waals surface area contributed by atoms with Crippen molar-refractivity contribution >= 4 is 17.1 Å². The smallest absolute Gasteiger partial charge is 0.283 e. The zero-order valence-electron chi connectivity index (χ0n) is 11.6. The van der Waals surface area contributed by atoms with Crippen molar-refractivity contribution in [2.45, 2.75) is 6.23 Å². The summed E-state index contributed by atoms with van der Waals surface area (Å²) in [5.41, 5.74) is 6.77. The zero-order chi connectivity index (χ0) is 15.5. The van der Waals surface area contributed by atoms with Crippen molar-refractivity contribution < 1.29 is 9.84 Å². The molecule has 3 rings (SSSR count). The molecule has 8 heteroatoms. The second-order valence-electron chi connectivity index (χ2n) is 4.60. The summed E-state index contributed by atoms with van der Waals surface area (Å²) in [7, 11) is 0. The van der Waals surface area contributed by atoms with Gasteiger partial charge in [0.2, 0.25) is 5.95 Å². The van der Waals surface area contributed by atoms with Gasteiger partial charge in [-0.1, -0.05) is 30.3 Å². The number of fused-ring (bicyclic) bond motifs is 1. The van der Waals surface area contributed by atoms with Gasteiger partial charge in [0, 0.05) is 5.56 Å². The maximum absolute atomic E-state index is 12.6. The van der Waals surface area contributed by atoms with Crippen LogP contribution < -0.4 is 11.3 Å². The number of aliphatic hydroxyl groups excluding tert-OH is 1. The van der Waals surface area contributed by atoms with Gasteiger partial charge in [0.05, 0.1) is 19.5 Å². The van der Waals surface area contributed by atoms with E-state index in [9.17, 15) is 4.79 Å². The quantitative estimate of drug-likeness (QED) is 0.622. The number of anilines is 1. The normalized spacial score (nSPS) is 12.6. The van der Waals surface area contributed by atoms with Crippen molar-refractivity contribution in [3.63, 3.8) is 0 Å². The molecule has 4 N–H and O–H groups in total. The molecule has 0 saturated carbocycles. The van der Waals surface area contributed by atoms with E-state index in [1.807, 2.05) is 30.3 Å². The van der Waals surface area contributed by atoms with Gasteiger partial charge in [-0.2, -0.15) is 4.98 Å². The number of ether oxygens (including phenoxy) is 1. The highest BCUT2D eigenvalue weighted by molar-refractivity contribution is 5.69. The monoisotopic (exact) mass is 301 g/mol. The Morgan fingerprint density at radius 1 is 1.36 bits per heavy atom. The maximum Gasteiger partial charge on any atom is 0.283 e. The Bertz CT molecular complexity index is 827. The van der Waals surface area contributed by atoms with E-state index in [1.54, 1.807) is 0 Å². The van der Waals surface area contributed by atoms with Crippen LogP contribution in [-0.4, -0.2) is 37.8 Å². The molecule has 0 spiro atoms. The van der Waals surface area contributed by atoms with Crippen LogP contribution in [0, 0.1) is 0 Å². The number of aromatic amines is 1. The van der Waals surface area contributed by atoms with E-state index < -0.39 is 6.23 Å². The van der Waals surface area contributed by atoms with Crippen LogP contribution in [0.25, 0.3) is 11.2 Å². The standard InChI is InChI=1S/C14H15N5O3/c15-14-18-11-10(16-8-17-11)12(21)19(14)13(22-7-6-20)9-4-2-1-3-5-9/h1-5,8,13,20H,6-7H2,(H2,15,18)(H,16,17). The van der Waals surface area contributed by atoms with Gasteiger partial charge >= 0.3 is 0 Å². The van der Waals surface area contributed by atoms with E-state index in [2.05, 4.69) is 15.0 Å². The fraction of sp³-hybridized carbons (Fsp3) is 0.214. The fourth-order valence-corrected chi connectivity index (χ4v) is 2.24. The number of imidazole rings is 1. The van der Waals surface area contributed by atoms with Crippen molar-refractivity contribution in [2.75, 3.05) is 18.9 Å².